The minimum atomic E-state index is -0.671. The lowest BCUT2D eigenvalue weighted by atomic mass is 9.93. The molecule has 0 unspecified atom stereocenters. The van der Waals surface area contributed by atoms with Crippen LogP contribution in [0.5, 0.6) is 5.75 Å². The average Bonchev–Trinajstić information content (AvgIpc) is 2.96. The number of aryl methyl sites for hydroxylation is 1. The minimum Gasteiger partial charge on any atom is -0.493 e. The normalized spacial score (nSPS) is 17.9. The zero-order chi connectivity index (χ0) is 13.2. The van der Waals surface area contributed by atoms with Crippen LogP contribution in [0.4, 0.5) is 0 Å². The van der Waals surface area contributed by atoms with Gasteiger partial charge in [-0.1, -0.05) is 0 Å². The molecule has 1 aromatic rings. The molecular weight excluding hydrogens is 232 g/mol. The molecule has 0 N–H and O–H groups in total. The highest BCUT2D eigenvalue weighted by atomic mass is 16.5. The Labute approximate surface area is 107 Å². The Morgan fingerprint density at radius 2 is 2.17 bits per heavy atom. The van der Waals surface area contributed by atoms with Gasteiger partial charge in [0.15, 0.2) is 5.75 Å². The van der Waals surface area contributed by atoms with Crippen LogP contribution in [0.2, 0.25) is 0 Å². The van der Waals surface area contributed by atoms with E-state index in [2.05, 4.69) is 5.10 Å². The largest absolute Gasteiger partial charge is 0.493 e. The van der Waals surface area contributed by atoms with Gasteiger partial charge < -0.3 is 9.47 Å². The third-order valence-electron chi connectivity index (χ3n) is 3.59. The molecule has 1 heterocycles. The predicted molar refractivity (Wildman–Crippen MR) is 66.9 cm³/mol. The van der Waals surface area contributed by atoms with E-state index >= 15 is 0 Å². The van der Waals surface area contributed by atoms with Gasteiger partial charge in [-0.2, -0.15) is 5.10 Å². The van der Waals surface area contributed by atoms with Crippen molar-refractivity contribution >= 4 is 5.78 Å². The summed E-state index contributed by atoms with van der Waals surface area (Å²) in [4.78, 5) is 12.8. The van der Waals surface area contributed by atoms with Crippen molar-refractivity contribution in [2.24, 2.45) is 7.05 Å². The number of rotatable bonds is 5. The number of carbonyl (C=O) groups is 1. The summed E-state index contributed by atoms with van der Waals surface area (Å²) in [5, 5.41) is 4.09. The summed E-state index contributed by atoms with van der Waals surface area (Å²) < 4.78 is 12.6. The molecular formula is C13H20N2O3. The summed E-state index contributed by atoms with van der Waals surface area (Å²) in [6, 6.07) is 0. The summed E-state index contributed by atoms with van der Waals surface area (Å²) in [5.74, 6) is 0.521. The third kappa shape index (κ3) is 2.03. The van der Waals surface area contributed by atoms with Gasteiger partial charge in [-0.25, -0.2) is 0 Å². The summed E-state index contributed by atoms with van der Waals surface area (Å²) in [7, 11) is 3.31. The van der Waals surface area contributed by atoms with Crippen LogP contribution in [-0.4, -0.2) is 34.9 Å². The second-order valence-electron chi connectivity index (χ2n) is 4.65. The number of ether oxygens (including phenoxy) is 2. The first-order valence-corrected chi connectivity index (χ1v) is 6.39. The van der Waals surface area contributed by atoms with Crippen LogP contribution in [0.15, 0.2) is 6.20 Å². The number of hydrogen-bond acceptors (Lipinski definition) is 4. The van der Waals surface area contributed by atoms with Crippen molar-refractivity contribution in [3.8, 4) is 5.75 Å². The van der Waals surface area contributed by atoms with Crippen LogP contribution in [0.25, 0.3) is 0 Å². The molecule has 0 radical (unpaired) electrons. The highest BCUT2D eigenvalue weighted by Gasteiger charge is 2.44. The molecule has 5 heteroatoms. The molecule has 0 bridgehead atoms. The molecule has 0 aliphatic heterocycles. The van der Waals surface area contributed by atoms with Crippen LogP contribution in [0.1, 0.15) is 43.1 Å². The fraction of sp³-hybridized carbons (Fsp3) is 0.692. The monoisotopic (exact) mass is 252 g/mol. The van der Waals surface area contributed by atoms with E-state index < -0.39 is 5.60 Å². The van der Waals surface area contributed by atoms with Crippen molar-refractivity contribution in [1.29, 1.82) is 0 Å². The lowest BCUT2D eigenvalue weighted by Gasteiger charge is -2.27. The second kappa shape index (κ2) is 5.10. The Hall–Kier alpha value is -1.36. The first-order valence-electron chi connectivity index (χ1n) is 6.39. The summed E-state index contributed by atoms with van der Waals surface area (Å²) in [6.45, 7) is 2.47. The Balaban J connectivity index is 2.36. The topological polar surface area (TPSA) is 53.4 Å². The zero-order valence-corrected chi connectivity index (χ0v) is 11.2. The van der Waals surface area contributed by atoms with Crippen molar-refractivity contribution in [2.45, 2.75) is 38.2 Å². The van der Waals surface area contributed by atoms with E-state index in [1.807, 2.05) is 6.92 Å². The molecule has 100 valence electrons. The van der Waals surface area contributed by atoms with Crippen LogP contribution in [0, 0.1) is 0 Å². The lowest BCUT2D eigenvalue weighted by Crippen LogP contribution is -2.40. The van der Waals surface area contributed by atoms with Gasteiger partial charge >= 0.3 is 0 Å². The van der Waals surface area contributed by atoms with E-state index in [-0.39, 0.29) is 5.78 Å². The molecule has 0 aromatic carbocycles. The maximum Gasteiger partial charge on any atom is 0.216 e. The molecule has 1 fully saturated rings. The number of nitrogens with zero attached hydrogens (tertiary/aromatic N) is 2. The molecule has 5 nitrogen and oxygen atoms in total. The molecule has 1 aliphatic rings. The molecule has 0 spiro atoms. The first kappa shape index (κ1) is 13.1. The zero-order valence-electron chi connectivity index (χ0n) is 11.2. The molecule has 1 aliphatic carbocycles. The number of hydrogen-bond donors (Lipinski definition) is 0. The van der Waals surface area contributed by atoms with Crippen molar-refractivity contribution in [1.82, 2.24) is 9.78 Å². The molecule has 18 heavy (non-hydrogen) atoms. The fourth-order valence-corrected chi connectivity index (χ4v) is 2.70. The van der Waals surface area contributed by atoms with Crippen molar-refractivity contribution in [3.63, 3.8) is 0 Å². The Morgan fingerprint density at radius 1 is 1.50 bits per heavy atom. The van der Waals surface area contributed by atoms with E-state index in [0.29, 0.717) is 18.1 Å². The quantitative estimate of drug-likeness (QED) is 0.752. The first-order chi connectivity index (χ1) is 8.64. The van der Waals surface area contributed by atoms with Gasteiger partial charge in [0.2, 0.25) is 5.78 Å². The van der Waals surface area contributed by atoms with E-state index in [1.165, 1.54) is 0 Å². The van der Waals surface area contributed by atoms with E-state index in [9.17, 15) is 4.79 Å². The van der Waals surface area contributed by atoms with Gasteiger partial charge in [0.05, 0.1) is 13.3 Å². The maximum absolute atomic E-state index is 12.8. The standard InChI is InChI=1S/C13H20N2O3/c1-4-18-13(7-5-6-8-13)12(16)11-10(17-3)9-14-15(11)2/h9H,4-8H2,1-3H3. The molecule has 1 saturated carbocycles. The minimum absolute atomic E-state index is 0.00120. The van der Waals surface area contributed by atoms with Crippen molar-refractivity contribution in [3.05, 3.63) is 11.9 Å². The van der Waals surface area contributed by atoms with Gasteiger partial charge in [0.1, 0.15) is 11.3 Å². The second-order valence-corrected chi connectivity index (χ2v) is 4.65. The molecule has 0 amide bonds. The average molecular weight is 252 g/mol. The number of methoxy groups -OCH3 is 1. The Bertz CT molecular complexity index is 433. The summed E-state index contributed by atoms with van der Waals surface area (Å²) in [5.41, 5.74) is -0.164. The predicted octanol–water partition coefficient (Wildman–Crippen LogP) is 1.96. The van der Waals surface area contributed by atoms with Crippen LogP contribution >= 0.6 is 0 Å². The number of ketones is 1. The maximum atomic E-state index is 12.8. The molecule has 0 atom stereocenters. The highest BCUT2D eigenvalue weighted by Crippen LogP contribution is 2.37. The summed E-state index contributed by atoms with van der Waals surface area (Å²) in [6.07, 6.45) is 5.21. The lowest BCUT2D eigenvalue weighted by molar-refractivity contribution is -0.0171. The van der Waals surface area contributed by atoms with Gasteiger partial charge in [-0.3, -0.25) is 9.48 Å². The SMILES string of the molecule is CCOC1(C(=O)c2c(OC)cnn2C)CCCC1. The van der Waals surface area contributed by atoms with E-state index in [1.54, 1.807) is 25.0 Å². The van der Waals surface area contributed by atoms with Crippen molar-refractivity contribution < 1.29 is 14.3 Å². The fourth-order valence-electron chi connectivity index (χ4n) is 2.70. The molecule has 0 saturated heterocycles. The van der Waals surface area contributed by atoms with Gasteiger partial charge in [-0.05, 0) is 32.6 Å². The van der Waals surface area contributed by atoms with E-state index in [0.717, 1.165) is 25.7 Å². The smallest absolute Gasteiger partial charge is 0.216 e. The van der Waals surface area contributed by atoms with Crippen LogP contribution < -0.4 is 4.74 Å². The Morgan fingerprint density at radius 3 is 2.72 bits per heavy atom. The number of carbonyl (C=O) groups excluding carboxylic acids is 1. The van der Waals surface area contributed by atoms with Gasteiger partial charge in [0.25, 0.3) is 0 Å². The van der Waals surface area contributed by atoms with Crippen LogP contribution in [-0.2, 0) is 11.8 Å². The van der Waals surface area contributed by atoms with Gasteiger partial charge in [0, 0.05) is 13.7 Å². The highest BCUT2D eigenvalue weighted by molar-refractivity contribution is 6.03. The Kier molecular flexibility index (Phi) is 3.71. The van der Waals surface area contributed by atoms with Gasteiger partial charge in [-0.15, -0.1) is 0 Å². The molecule has 2 rings (SSSR count). The summed E-state index contributed by atoms with van der Waals surface area (Å²) >= 11 is 0. The van der Waals surface area contributed by atoms with E-state index in [4.69, 9.17) is 9.47 Å². The number of aromatic nitrogens is 2. The third-order valence-corrected chi connectivity index (χ3v) is 3.59. The van der Waals surface area contributed by atoms with Crippen LogP contribution in [0.3, 0.4) is 0 Å². The molecule has 1 aromatic heterocycles. The number of Topliss-reactive ketones (excluding diaryl/α,β-unsaturated/α-hetero) is 1. The van der Waals surface area contributed by atoms with Crippen molar-refractivity contribution in [2.75, 3.05) is 13.7 Å².